The van der Waals surface area contributed by atoms with Crippen molar-refractivity contribution in [1.29, 1.82) is 0 Å². The van der Waals surface area contributed by atoms with Crippen LogP contribution in [0.5, 0.6) is 0 Å². The highest BCUT2D eigenvalue weighted by atomic mass is 19.3. The average molecular weight is 226 g/mol. The first-order chi connectivity index (χ1) is 6.90. The second-order valence-corrected chi connectivity index (χ2v) is 2.65. The number of halogens is 4. The van der Waals surface area contributed by atoms with Crippen molar-refractivity contribution in [1.82, 2.24) is 10.6 Å². The number of nitrogens with one attached hydrogen (secondary N) is 2. The normalized spacial score (nSPS) is 11.2. The van der Waals surface area contributed by atoms with Gasteiger partial charge in [-0.3, -0.25) is 10.1 Å². The van der Waals surface area contributed by atoms with E-state index in [4.69, 9.17) is 6.42 Å². The molecule has 0 unspecified atom stereocenters. The average Bonchev–Trinajstić information content (AvgIpc) is 2.15. The Balaban J connectivity index is 3.76. The molecule has 0 rings (SSSR count). The van der Waals surface area contributed by atoms with Crippen molar-refractivity contribution in [2.24, 2.45) is 0 Å². The second-order valence-electron chi connectivity index (χ2n) is 2.65. The van der Waals surface area contributed by atoms with E-state index in [0.717, 1.165) is 0 Å². The molecule has 3 nitrogen and oxygen atoms in total. The van der Waals surface area contributed by atoms with Gasteiger partial charge in [0, 0.05) is 0 Å². The van der Waals surface area contributed by atoms with E-state index in [2.05, 4.69) is 11.2 Å². The molecule has 0 bridgehead atoms. The summed E-state index contributed by atoms with van der Waals surface area (Å²) in [5, 5.41) is 4.08. The lowest BCUT2D eigenvalue weighted by molar-refractivity contribution is -0.135. The van der Waals surface area contributed by atoms with Crippen LogP contribution in [0.4, 0.5) is 17.6 Å². The third kappa shape index (κ3) is 5.91. The number of terminal acetylenes is 1. The summed E-state index contributed by atoms with van der Waals surface area (Å²) < 4.78 is 47.8. The quantitative estimate of drug-likeness (QED) is 0.386. The molecule has 0 aromatic rings. The van der Waals surface area contributed by atoms with Gasteiger partial charge in [0.05, 0.1) is 19.6 Å². The van der Waals surface area contributed by atoms with Gasteiger partial charge in [0.2, 0.25) is 5.91 Å². The Morgan fingerprint density at radius 1 is 1.47 bits per heavy atom. The highest BCUT2D eigenvalue weighted by Crippen LogP contribution is 2.21. The first-order valence-corrected chi connectivity index (χ1v) is 3.97. The molecular weight excluding hydrogens is 216 g/mol. The molecule has 0 aliphatic heterocycles. The molecule has 0 heterocycles. The zero-order chi connectivity index (χ0) is 11.9. The lowest BCUT2D eigenvalue weighted by Gasteiger charge is -2.15. The predicted molar refractivity (Wildman–Crippen MR) is 45.7 cm³/mol. The predicted octanol–water partition coefficient (Wildman–Crippen LogP) is 0.226. The summed E-state index contributed by atoms with van der Waals surface area (Å²) in [6.45, 7) is -1.58. The molecule has 86 valence electrons. The van der Waals surface area contributed by atoms with Crippen molar-refractivity contribution >= 4 is 5.91 Å². The Morgan fingerprint density at radius 3 is 2.53 bits per heavy atom. The van der Waals surface area contributed by atoms with Crippen LogP contribution in [0.25, 0.3) is 0 Å². The van der Waals surface area contributed by atoms with Crippen LogP contribution in [-0.4, -0.2) is 37.9 Å². The highest BCUT2D eigenvalue weighted by Gasteiger charge is 2.40. The van der Waals surface area contributed by atoms with Crippen LogP contribution in [0.15, 0.2) is 0 Å². The molecule has 1 amide bonds. The summed E-state index contributed by atoms with van der Waals surface area (Å²) in [4.78, 5) is 10.8. The van der Waals surface area contributed by atoms with Gasteiger partial charge in [-0.15, -0.1) is 6.42 Å². The van der Waals surface area contributed by atoms with E-state index in [1.165, 1.54) is 0 Å². The second kappa shape index (κ2) is 6.24. The topological polar surface area (TPSA) is 41.1 Å². The molecule has 2 N–H and O–H groups in total. The maximum absolute atomic E-state index is 12.3. The van der Waals surface area contributed by atoms with Crippen molar-refractivity contribution in [2.75, 3.05) is 19.6 Å². The molecule has 7 heteroatoms. The zero-order valence-corrected chi connectivity index (χ0v) is 7.70. The Bertz CT molecular complexity index is 250. The standard InChI is InChI=1S/C8H10F4N2O/c1-2-3-13-4-6(15)14-5-8(11,12)7(9)10/h1,7,13H,3-5H2,(H,14,15). The largest absolute Gasteiger partial charge is 0.349 e. The third-order valence-corrected chi connectivity index (χ3v) is 1.35. The summed E-state index contributed by atoms with van der Waals surface area (Å²) >= 11 is 0. The Labute approximate surface area is 84.2 Å². The monoisotopic (exact) mass is 226 g/mol. The van der Waals surface area contributed by atoms with Crippen molar-refractivity contribution in [3.05, 3.63) is 0 Å². The molecule has 15 heavy (non-hydrogen) atoms. The molecule has 0 aliphatic carbocycles. The Morgan fingerprint density at radius 2 is 2.07 bits per heavy atom. The molecule has 0 saturated carbocycles. The molecule has 0 atom stereocenters. The van der Waals surface area contributed by atoms with Crippen LogP contribution in [0.3, 0.4) is 0 Å². The van der Waals surface area contributed by atoms with E-state index in [1.807, 2.05) is 0 Å². The van der Waals surface area contributed by atoms with Crippen molar-refractivity contribution in [2.45, 2.75) is 12.3 Å². The number of amides is 1. The fourth-order valence-corrected chi connectivity index (χ4v) is 0.604. The van der Waals surface area contributed by atoms with Crippen LogP contribution in [0.1, 0.15) is 0 Å². The van der Waals surface area contributed by atoms with E-state index >= 15 is 0 Å². The first kappa shape index (κ1) is 13.7. The van der Waals surface area contributed by atoms with E-state index in [9.17, 15) is 22.4 Å². The lowest BCUT2D eigenvalue weighted by Crippen LogP contribution is -2.44. The van der Waals surface area contributed by atoms with Gasteiger partial charge >= 0.3 is 12.3 Å². The third-order valence-electron chi connectivity index (χ3n) is 1.35. The summed E-state index contributed by atoms with van der Waals surface area (Å²) in [7, 11) is 0. The molecule has 0 aromatic heterocycles. The number of alkyl halides is 4. The summed E-state index contributed by atoms with van der Waals surface area (Å²) in [6, 6.07) is 0. The maximum atomic E-state index is 12.3. The fourth-order valence-electron chi connectivity index (χ4n) is 0.604. The number of carbonyl (C=O) groups excluding carboxylic acids is 1. The highest BCUT2D eigenvalue weighted by molar-refractivity contribution is 5.78. The molecule has 0 spiro atoms. The zero-order valence-electron chi connectivity index (χ0n) is 7.70. The SMILES string of the molecule is C#CCNCC(=O)NCC(F)(F)C(F)F. The Hall–Kier alpha value is -1.29. The minimum atomic E-state index is -4.21. The van der Waals surface area contributed by atoms with Crippen LogP contribution >= 0.6 is 0 Å². The maximum Gasteiger partial charge on any atom is 0.324 e. The minimum Gasteiger partial charge on any atom is -0.349 e. The van der Waals surface area contributed by atoms with E-state index in [1.54, 1.807) is 5.32 Å². The molecule has 0 aliphatic rings. The summed E-state index contributed by atoms with van der Waals surface area (Å²) in [5.41, 5.74) is 0. The summed E-state index contributed by atoms with van der Waals surface area (Å²) in [6.07, 6.45) is 1.04. The molecule has 0 fully saturated rings. The van der Waals surface area contributed by atoms with Gasteiger partial charge in [-0.1, -0.05) is 5.92 Å². The fraction of sp³-hybridized carbons (Fsp3) is 0.625. The minimum absolute atomic E-state index is 0.0959. The number of rotatable bonds is 6. The molecule has 0 aromatic carbocycles. The van der Waals surface area contributed by atoms with Crippen LogP contribution < -0.4 is 10.6 Å². The number of hydrogen-bond acceptors (Lipinski definition) is 2. The van der Waals surface area contributed by atoms with Crippen molar-refractivity contribution in [3.63, 3.8) is 0 Å². The lowest BCUT2D eigenvalue weighted by atomic mass is 10.3. The van der Waals surface area contributed by atoms with Crippen molar-refractivity contribution in [3.8, 4) is 12.3 Å². The Kier molecular flexibility index (Phi) is 5.70. The van der Waals surface area contributed by atoms with Gasteiger partial charge in [-0.05, 0) is 0 Å². The molecule has 0 saturated heterocycles. The van der Waals surface area contributed by atoms with Gasteiger partial charge in [0.15, 0.2) is 0 Å². The van der Waals surface area contributed by atoms with Gasteiger partial charge in [-0.2, -0.15) is 8.78 Å². The van der Waals surface area contributed by atoms with E-state index < -0.39 is 24.8 Å². The molecule has 0 radical (unpaired) electrons. The smallest absolute Gasteiger partial charge is 0.324 e. The first-order valence-electron chi connectivity index (χ1n) is 3.97. The van der Waals surface area contributed by atoms with Gasteiger partial charge in [0.1, 0.15) is 0 Å². The van der Waals surface area contributed by atoms with Crippen molar-refractivity contribution < 1.29 is 22.4 Å². The van der Waals surface area contributed by atoms with Crippen LogP contribution in [0.2, 0.25) is 0 Å². The van der Waals surface area contributed by atoms with Crippen LogP contribution in [0, 0.1) is 12.3 Å². The van der Waals surface area contributed by atoms with E-state index in [-0.39, 0.29) is 13.1 Å². The molecular formula is C8H10F4N2O. The summed E-state index contributed by atoms with van der Waals surface area (Å²) in [5.74, 6) is -2.87. The van der Waals surface area contributed by atoms with Gasteiger partial charge in [-0.25, -0.2) is 8.78 Å². The van der Waals surface area contributed by atoms with Gasteiger partial charge < -0.3 is 5.32 Å². The van der Waals surface area contributed by atoms with E-state index in [0.29, 0.717) is 0 Å². The number of hydrogen-bond donors (Lipinski definition) is 2. The van der Waals surface area contributed by atoms with Gasteiger partial charge in [0.25, 0.3) is 0 Å². The van der Waals surface area contributed by atoms with Crippen LogP contribution in [-0.2, 0) is 4.79 Å². The number of carbonyl (C=O) groups is 1.